The summed E-state index contributed by atoms with van der Waals surface area (Å²) >= 11 is 0. The van der Waals surface area contributed by atoms with Crippen molar-refractivity contribution in [3.63, 3.8) is 0 Å². The topological polar surface area (TPSA) is 9.23 Å². The van der Waals surface area contributed by atoms with Gasteiger partial charge in [0, 0.05) is 6.61 Å². The maximum atomic E-state index is 5.49. The molecule has 0 radical (unpaired) electrons. The fourth-order valence-corrected chi connectivity index (χ4v) is 1.58. The molecule has 0 aromatic heterocycles. The van der Waals surface area contributed by atoms with Gasteiger partial charge in [-0.25, -0.2) is 0 Å². The first-order valence-corrected chi connectivity index (χ1v) is 5.88. The van der Waals surface area contributed by atoms with Crippen molar-refractivity contribution in [2.75, 3.05) is 6.61 Å². The number of hydrogen-bond acceptors (Lipinski definition) is 1. The lowest BCUT2D eigenvalue weighted by Crippen LogP contribution is -1.96. The third-order valence-corrected chi connectivity index (χ3v) is 2.28. The van der Waals surface area contributed by atoms with Crippen molar-refractivity contribution in [2.45, 2.75) is 40.2 Å². The Hall–Kier alpha value is -0.820. The molecular formula is C14H22O. The Morgan fingerprint density at radius 3 is 2.20 bits per heavy atom. The van der Waals surface area contributed by atoms with Crippen molar-refractivity contribution < 1.29 is 4.74 Å². The Morgan fingerprint density at radius 1 is 1.07 bits per heavy atom. The summed E-state index contributed by atoms with van der Waals surface area (Å²) in [5.41, 5.74) is 2.69. The van der Waals surface area contributed by atoms with E-state index >= 15 is 0 Å². The van der Waals surface area contributed by atoms with Crippen molar-refractivity contribution in [1.82, 2.24) is 0 Å². The summed E-state index contributed by atoms with van der Waals surface area (Å²) in [7, 11) is 0. The zero-order chi connectivity index (χ0) is 11.1. The van der Waals surface area contributed by atoms with Gasteiger partial charge in [-0.2, -0.15) is 0 Å². The van der Waals surface area contributed by atoms with Crippen LogP contribution < -0.4 is 0 Å². The summed E-state index contributed by atoms with van der Waals surface area (Å²) in [5, 5.41) is 0. The molecule has 0 spiro atoms. The molecule has 1 aromatic rings. The monoisotopic (exact) mass is 206 g/mol. The van der Waals surface area contributed by atoms with Crippen LogP contribution in [0, 0.1) is 5.92 Å². The molecule has 0 amide bonds. The average Bonchev–Trinajstić information content (AvgIpc) is 2.20. The molecule has 1 nitrogen and oxygen atoms in total. The molecule has 0 atom stereocenters. The summed E-state index contributed by atoms with van der Waals surface area (Å²) in [5.74, 6) is 0.729. The van der Waals surface area contributed by atoms with Crippen molar-refractivity contribution in [2.24, 2.45) is 5.92 Å². The molecule has 0 bridgehead atoms. The summed E-state index contributed by atoms with van der Waals surface area (Å²) in [4.78, 5) is 0. The first-order valence-electron chi connectivity index (χ1n) is 5.88. The molecule has 0 aliphatic heterocycles. The van der Waals surface area contributed by atoms with Gasteiger partial charge in [-0.1, -0.05) is 45.0 Å². The minimum Gasteiger partial charge on any atom is -0.377 e. The van der Waals surface area contributed by atoms with Crippen LogP contribution in [-0.2, 0) is 17.8 Å². The first kappa shape index (κ1) is 12.3. The Labute approximate surface area is 93.5 Å². The molecule has 0 aliphatic rings. The van der Waals surface area contributed by atoms with E-state index in [1.54, 1.807) is 0 Å². The molecule has 0 heterocycles. The molecule has 0 saturated heterocycles. The van der Waals surface area contributed by atoms with E-state index < -0.39 is 0 Å². The Balaban J connectivity index is 2.42. The summed E-state index contributed by atoms with van der Waals surface area (Å²) in [6, 6.07) is 8.77. The maximum absolute atomic E-state index is 5.49. The Morgan fingerprint density at radius 2 is 1.67 bits per heavy atom. The first-order chi connectivity index (χ1) is 7.22. The molecule has 1 aromatic carbocycles. The smallest absolute Gasteiger partial charge is 0.0716 e. The van der Waals surface area contributed by atoms with Crippen molar-refractivity contribution in [1.29, 1.82) is 0 Å². The van der Waals surface area contributed by atoms with E-state index in [4.69, 9.17) is 4.74 Å². The third-order valence-electron chi connectivity index (χ3n) is 2.28. The standard InChI is InChI=1S/C14H22O/c1-4-9-15-11-14-7-5-13(6-8-14)10-12(2)3/h5-8,12H,4,9-11H2,1-3H3. The lowest BCUT2D eigenvalue weighted by Gasteiger charge is -2.06. The second-order valence-electron chi connectivity index (χ2n) is 4.47. The van der Waals surface area contributed by atoms with Gasteiger partial charge in [-0.3, -0.25) is 0 Å². The normalized spacial score (nSPS) is 10.9. The minimum atomic E-state index is 0.729. The number of hydrogen-bond donors (Lipinski definition) is 0. The highest BCUT2D eigenvalue weighted by atomic mass is 16.5. The summed E-state index contributed by atoms with van der Waals surface area (Å²) in [6.07, 6.45) is 2.25. The van der Waals surface area contributed by atoms with E-state index in [1.807, 2.05) is 0 Å². The van der Waals surface area contributed by atoms with Gasteiger partial charge in [0.1, 0.15) is 0 Å². The Bertz CT molecular complexity index is 261. The zero-order valence-electron chi connectivity index (χ0n) is 10.1. The van der Waals surface area contributed by atoms with Crippen molar-refractivity contribution in [3.05, 3.63) is 35.4 Å². The lowest BCUT2D eigenvalue weighted by molar-refractivity contribution is 0.121. The fourth-order valence-electron chi connectivity index (χ4n) is 1.58. The molecule has 0 unspecified atom stereocenters. The molecule has 1 rings (SSSR count). The lowest BCUT2D eigenvalue weighted by atomic mass is 10.0. The van der Waals surface area contributed by atoms with E-state index in [0.717, 1.165) is 32.0 Å². The van der Waals surface area contributed by atoms with Crippen LogP contribution in [-0.4, -0.2) is 6.61 Å². The highest BCUT2D eigenvalue weighted by molar-refractivity contribution is 5.22. The van der Waals surface area contributed by atoms with E-state index in [1.165, 1.54) is 11.1 Å². The van der Waals surface area contributed by atoms with Crippen LogP contribution in [0.4, 0.5) is 0 Å². The molecule has 15 heavy (non-hydrogen) atoms. The largest absolute Gasteiger partial charge is 0.377 e. The van der Waals surface area contributed by atoms with Gasteiger partial charge >= 0.3 is 0 Å². The van der Waals surface area contributed by atoms with E-state index in [-0.39, 0.29) is 0 Å². The third kappa shape index (κ3) is 4.98. The molecule has 0 saturated carbocycles. The molecule has 0 N–H and O–H groups in total. The van der Waals surface area contributed by atoms with Crippen LogP contribution in [0.1, 0.15) is 38.3 Å². The van der Waals surface area contributed by atoms with Crippen LogP contribution >= 0.6 is 0 Å². The number of benzene rings is 1. The predicted octanol–water partition coefficient (Wildman–Crippen LogP) is 3.81. The number of rotatable bonds is 6. The van der Waals surface area contributed by atoms with Crippen LogP contribution in [0.25, 0.3) is 0 Å². The average molecular weight is 206 g/mol. The summed E-state index contributed by atoms with van der Waals surface area (Å²) < 4.78 is 5.49. The SMILES string of the molecule is CCCOCc1ccc(CC(C)C)cc1. The Kier molecular flexibility index (Phi) is 5.41. The van der Waals surface area contributed by atoms with Gasteiger partial charge in [0.25, 0.3) is 0 Å². The van der Waals surface area contributed by atoms with Crippen LogP contribution in [0.2, 0.25) is 0 Å². The van der Waals surface area contributed by atoms with Gasteiger partial charge < -0.3 is 4.74 Å². The molecule has 0 aliphatic carbocycles. The van der Waals surface area contributed by atoms with Gasteiger partial charge in [0.15, 0.2) is 0 Å². The zero-order valence-corrected chi connectivity index (χ0v) is 10.1. The molecular weight excluding hydrogens is 184 g/mol. The molecule has 0 fully saturated rings. The van der Waals surface area contributed by atoms with Crippen LogP contribution in [0.3, 0.4) is 0 Å². The minimum absolute atomic E-state index is 0.729. The van der Waals surface area contributed by atoms with Gasteiger partial charge in [-0.15, -0.1) is 0 Å². The van der Waals surface area contributed by atoms with Gasteiger partial charge in [-0.05, 0) is 29.9 Å². The highest BCUT2D eigenvalue weighted by Gasteiger charge is 1.98. The second kappa shape index (κ2) is 6.62. The van der Waals surface area contributed by atoms with Crippen molar-refractivity contribution >= 4 is 0 Å². The van der Waals surface area contributed by atoms with E-state index in [0.29, 0.717) is 0 Å². The van der Waals surface area contributed by atoms with Crippen LogP contribution in [0.5, 0.6) is 0 Å². The fraction of sp³-hybridized carbons (Fsp3) is 0.571. The van der Waals surface area contributed by atoms with E-state index in [2.05, 4.69) is 45.0 Å². The molecule has 1 heteroatoms. The molecule has 84 valence electrons. The van der Waals surface area contributed by atoms with Crippen LogP contribution in [0.15, 0.2) is 24.3 Å². The van der Waals surface area contributed by atoms with Gasteiger partial charge in [0.2, 0.25) is 0 Å². The quantitative estimate of drug-likeness (QED) is 0.643. The highest BCUT2D eigenvalue weighted by Crippen LogP contribution is 2.10. The summed E-state index contributed by atoms with van der Waals surface area (Å²) in [6.45, 7) is 8.23. The van der Waals surface area contributed by atoms with Gasteiger partial charge in [0.05, 0.1) is 6.61 Å². The number of ether oxygens (including phenoxy) is 1. The second-order valence-corrected chi connectivity index (χ2v) is 4.47. The predicted molar refractivity (Wildman–Crippen MR) is 64.9 cm³/mol. The maximum Gasteiger partial charge on any atom is 0.0716 e. The van der Waals surface area contributed by atoms with Crippen molar-refractivity contribution in [3.8, 4) is 0 Å². The van der Waals surface area contributed by atoms with E-state index in [9.17, 15) is 0 Å².